The average Bonchev–Trinajstić information content (AvgIpc) is 2.90. The van der Waals surface area contributed by atoms with Gasteiger partial charge in [-0.15, -0.1) is 5.54 Å². The van der Waals surface area contributed by atoms with Gasteiger partial charge in [0.05, 0.1) is 11.1 Å². The van der Waals surface area contributed by atoms with Crippen molar-refractivity contribution in [2.24, 2.45) is 7.05 Å². The minimum Gasteiger partial charge on any atom is -0.383 e. The van der Waals surface area contributed by atoms with E-state index in [-0.39, 0.29) is 5.04 Å². The molecule has 0 spiro atoms. The first-order valence-electron chi connectivity index (χ1n) is 9.50. The molecule has 0 aliphatic heterocycles. The Balaban J connectivity index is 2.10. The molecule has 6 heteroatoms. The lowest BCUT2D eigenvalue weighted by atomic mass is 10.0. The topological polar surface area (TPSA) is 69.6 Å². The van der Waals surface area contributed by atoms with Crippen LogP contribution in [0.15, 0.2) is 18.5 Å². The van der Waals surface area contributed by atoms with Crippen LogP contribution in [-0.4, -0.2) is 27.6 Å². The molecule has 3 aromatic rings. The number of hydrogen-bond donors (Lipinski definition) is 1. The molecular weight excluding hydrogens is 362 g/mol. The van der Waals surface area contributed by atoms with E-state index in [2.05, 4.69) is 68.3 Å². The smallest absolute Gasteiger partial charge is 0.145 e. The first kappa shape index (κ1) is 20.1. The number of pyridine rings is 1. The summed E-state index contributed by atoms with van der Waals surface area (Å²) >= 11 is 0. The Kier molecular flexibility index (Phi) is 4.84. The van der Waals surface area contributed by atoms with E-state index in [1.807, 2.05) is 24.6 Å². The quantitative estimate of drug-likeness (QED) is 0.485. The maximum absolute atomic E-state index is 6.04. The maximum atomic E-state index is 6.04. The van der Waals surface area contributed by atoms with Gasteiger partial charge in [-0.25, -0.2) is 15.0 Å². The van der Waals surface area contributed by atoms with E-state index in [1.165, 1.54) is 6.33 Å². The van der Waals surface area contributed by atoms with Crippen LogP contribution in [0, 0.1) is 25.3 Å². The summed E-state index contributed by atoms with van der Waals surface area (Å²) in [6.45, 7) is 15.6. The van der Waals surface area contributed by atoms with Crippen LogP contribution in [-0.2, 0) is 7.05 Å². The van der Waals surface area contributed by atoms with Crippen LogP contribution in [0.3, 0.4) is 0 Å². The molecule has 0 saturated heterocycles. The van der Waals surface area contributed by atoms with E-state index in [0.717, 1.165) is 39.2 Å². The number of fused-ring (bicyclic) bond motifs is 1. The summed E-state index contributed by atoms with van der Waals surface area (Å²) in [5, 5.41) is 1.09. The van der Waals surface area contributed by atoms with Gasteiger partial charge in [-0.3, -0.25) is 0 Å². The normalized spacial score (nSPS) is 12.1. The standard InChI is InChI=1S/C22H29N5Si/c1-14-11-16(9-10-28(7,8)22(3,4)5)26-15(2)19(14)18-12-17-20(23)24-13-25-21(17)27(18)6/h11-13H,1-8H3,(H2,23,24,25). The highest BCUT2D eigenvalue weighted by Crippen LogP contribution is 2.35. The predicted octanol–water partition coefficient (Wildman–Crippen LogP) is 4.63. The van der Waals surface area contributed by atoms with Gasteiger partial charge in [-0.05, 0) is 36.6 Å². The molecule has 0 aromatic carbocycles. The molecule has 3 heterocycles. The van der Waals surface area contributed by atoms with Crippen molar-refractivity contribution in [3.05, 3.63) is 35.4 Å². The molecule has 0 atom stereocenters. The first-order chi connectivity index (χ1) is 12.9. The third-order valence-corrected chi connectivity index (χ3v) is 10.4. The number of nitrogen functional groups attached to an aromatic ring is 1. The van der Waals surface area contributed by atoms with Crippen LogP contribution in [0.2, 0.25) is 18.1 Å². The Hall–Kier alpha value is -2.65. The molecule has 0 saturated carbocycles. The number of anilines is 1. The van der Waals surface area contributed by atoms with E-state index < -0.39 is 8.07 Å². The van der Waals surface area contributed by atoms with E-state index in [4.69, 9.17) is 10.7 Å². The van der Waals surface area contributed by atoms with Crippen molar-refractivity contribution in [3.8, 4) is 22.7 Å². The SMILES string of the molecule is Cc1cc(C#C[Si](C)(C)C(C)(C)C)nc(C)c1-c1cc2c(N)ncnc2n1C. The summed E-state index contributed by atoms with van der Waals surface area (Å²) in [5.41, 5.74) is 15.5. The number of nitrogens with two attached hydrogens (primary N) is 1. The van der Waals surface area contributed by atoms with Crippen LogP contribution < -0.4 is 5.73 Å². The minimum atomic E-state index is -1.67. The van der Waals surface area contributed by atoms with Gasteiger partial charge < -0.3 is 10.3 Å². The molecule has 0 amide bonds. The molecule has 0 bridgehead atoms. The predicted molar refractivity (Wildman–Crippen MR) is 120 cm³/mol. The summed E-state index contributed by atoms with van der Waals surface area (Å²) in [6, 6.07) is 4.12. The highest BCUT2D eigenvalue weighted by molar-refractivity contribution is 6.87. The molecular formula is C22H29N5Si. The number of nitrogens with zero attached hydrogens (tertiary/aromatic N) is 4. The number of aromatic nitrogens is 4. The highest BCUT2D eigenvalue weighted by atomic mass is 28.3. The zero-order chi connectivity index (χ0) is 20.9. The highest BCUT2D eigenvalue weighted by Gasteiger charge is 2.33. The van der Waals surface area contributed by atoms with Gasteiger partial charge in [0.25, 0.3) is 0 Å². The fraction of sp³-hybridized carbons (Fsp3) is 0.409. The molecule has 5 nitrogen and oxygen atoms in total. The second-order valence-electron chi connectivity index (χ2n) is 8.99. The van der Waals surface area contributed by atoms with Crippen molar-refractivity contribution in [1.82, 2.24) is 19.5 Å². The van der Waals surface area contributed by atoms with Gasteiger partial charge in [0.15, 0.2) is 0 Å². The largest absolute Gasteiger partial charge is 0.383 e. The Morgan fingerprint density at radius 1 is 1.11 bits per heavy atom. The molecule has 146 valence electrons. The lowest BCUT2D eigenvalue weighted by Gasteiger charge is -2.31. The molecule has 0 unspecified atom stereocenters. The van der Waals surface area contributed by atoms with Crippen molar-refractivity contribution in [2.75, 3.05) is 5.73 Å². The van der Waals surface area contributed by atoms with Crippen LogP contribution in [0.1, 0.15) is 37.7 Å². The molecule has 0 aliphatic carbocycles. The molecule has 28 heavy (non-hydrogen) atoms. The summed E-state index contributed by atoms with van der Waals surface area (Å²) in [6.07, 6.45) is 1.50. The lowest BCUT2D eigenvalue weighted by molar-refractivity contribution is 0.731. The van der Waals surface area contributed by atoms with Gasteiger partial charge >= 0.3 is 0 Å². The molecule has 0 radical (unpaired) electrons. The number of rotatable bonds is 1. The monoisotopic (exact) mass is 391 g/mol. The van der Waals surface area contributed by atoms with Gasteiger partial charge in [-0.2, -0.15) is 0 Å². The van der Waals surface area contributed by atoms with E-state index >= 15 is 0 Å². The van der Waals surface area contributed by atoms with Gasteiger partial charge in [0, 0.05) is 18.3 Å². The second kappa shape index (κ2) is 6.75. The van der Waals surface area contributed by atoms with Crippen LogP contribution >= 0.6 is 0 Å². The van der Waals surface area contributed by atoms with Crippen LogP contribution in [0.25, 0.3) is 22.3 Å². The summed E-state index contributed by atoms with van der Waals surface area (Å²) in [4.78, 5) is 13.3. The van der Waals surface area contributed by atoms with Crippen LogP contribution in [0.5, 0.6) is 0 Å². The van der Waals surface area contributed by atoms with Gasteiger partial charge in [0.1, 0.15) is 31.6 Å². The third-order valence-electron chi connectivity index (χ3n) is 5.89. The molecule has 3 aromatic heterocycles. The van der Waals surface area contributed by atoms with E-state index in [9.17, 15) is 0 Å². The fourth-order valence-corrected chi connectivity index (χ4v) is 3.90. The average molecular weight is 392 g/mol. The van der Waals surface area contributed by atoms with Crippen LogP contribution in [0.4, 0.5) is 5.82 Å². The van der Waals surface area contributed by atoms with Crippen molar-refractivity contribution >= 4 is 24.9 Å². The first-order valence-corrected chi connectivity index (χ1v) is 12.5. The number of aryl methyl sites for hydroxylation is 3. The summed E-state index contributed by atoms with van der Waals surface area (Å²) < 4.78 is 2.05. The Morgan fingerprint density at radius 2 is 1.79 bits per heavy atom. The molecule has 2 N–H and O–H groups in total. The fourth-order valence-electron chi connectivity index (χ4n) is 3.08. The third kappa shape index (κ3) is 3.42. The van der Waals surface area contributed by atoms with E-state index in [0.29, 0.717) is 5.82 Å². The van der Waals surface area contributed by atoms with Crippen molar-refractivity contribution < 1.29 is 0 Å². The van der Waals surface area contributed by atoms with Crippen molar-refractivity contribution in [1.29, 1.82) is 0 Å². The lowest BCUT2D eigenvalue weighted by Crippen LogP contribution is -2.35. The molecule has 3 rings (SSSR count). The van der Waals surface area contributed by atoms with E-state index in [1.54, 1.807) is 0 Å². The summed E-state index contributed by atoms with van der Waals surface area (Å²) in [5.74, 6) is 3.85. The minimum absolute atomic E-state index is 0.230. The molecule has 0 aliphatic rings. The second-order valence-corrected chi connectivity index (χ2v) is 14.0. The Labute approximate surface area is 168 Å². The summed E-state index contributed by atoms with van der Waals surface area (Å²) in [7, 11) is 0.322. The maximum Gasteiger partial charge on any atom is 0.145 e. The van der Waals surface area contributed by atoms with Gasteiger partial charge in [-0.1, -0.05) is 39.8 Å². The van der Waals surface area contributed by atoms with Crippen molar-refractivity contribution in [3.63, 3.8) is 0 Å². The Morgan fingerprint density at radius 3 is 2.36 bits per heavy atom. The zero-order valence-corrected chi connectivity index (χ0v) is 19.1. The number of hydrogen-bond acceptors (Lipinski definition) is 4. The van der Waals surface area contributed by atoms with Gasteiger partial charge in [0.2, 0.25) is 0 Å². The Bertz CT molecular complexity index is 1100. The molecule has 0 fully saturated rings. The zero-order valence-electron chi connectivity index (χ0n) is 18.1. The van der Waals surface area contributed by atoms with Crippen molar-refractivity contribution in [2.45, 2.75) is 52.8 Å².